The zero-order valence-corrected chi connectivity index (χ0v) is 17.7. The first-order valence-corrected chi connectivity index (χ1v) is 8.81. The number of hydrogen-bond donors (Lipinski definition) is 1. The monoisotopic (exact) mass is 474 g/mol. The zero-order valence-electron chi connectivity index (χ0n) is 15.3. The van der Waals surface area contributed by atoms with E-state index in [-0.39, 0.29) is 24.0 Å². The Bertz CT molecular complexity index is 664. The Labute approximate surface area is 170 Å². The number of guanidine groups is 1. The van der Waals surface area contributed by atoms with Crippen molar-refractivity contribution in [2.75, 3.05) is 32.7 Å². The number of nitrogens with zero attached hydrogens (tertiary/aromatic N) is 7. The standard InChI is InChI=1S/C16H26N8O.HI/c1-3-17-16(18-11-15-20-19-13-23(15)4-2)24-8-6-22(7-9-24)12-14-5-10-25-21-14;/h5,10,13H,3-4,6-9,11-12H2,1-2H3,(H,17,18);1H. The van der Waals surface area contributed by atoms with Crippen molar-refractivity contribution in [1.82, 2.24) is 35.0 Å². The second-order valence-electron chi connectivity index (χ2n) is 5.96. The fourth-order valence-corrected chi connectivity index (χ4v) is 2.90. The SMILES string of the molecule is CCNC(=NCc1nncn1CC)N1CCN(Cc2ccon2)CC1.I. The summed E-state index contributed by atoms with van der Waals surface area (Å²) in [6, 6.07) is 1.92. The van der Waals surface area contributed by atoms with Crippen LogP contribution in [0, 0.1) is 0 Å². The van der Waals surface area contributed by atoms with Gasteiger partial charge in [0.15, 0.2) is 11.8 Å². The van der Waals surface area contributed by atoms with Gasteiger partial charge in [0.05, 0.1) is 5.69 Å². The van der Waals surface area contributed by atoms with E-state index < -0.39 is 0 Å². The van der Waals surface area contributed by atoms with Crippen LogP contribution in [0.5, 0.6) is 0 Å². The first kappa shape index (κ1) is 20.6. The Balaban J connectivity index is 0.00000243. The largest absolute Gasteiger partial charge is 0.364 e. The summed E-state index contributed by atoms with van der Waals surface area (Å²) in [5.74, 6) is 1.83. The van der Waals surface area contributed by atoms with Crippen molar-refractivity contribution in [2.45, 2.75) is 33.5 Å². The van der Waals surface area contributed by atoms with Gasteiger partial charge in [-0.3, -0.25) is 4.90 Å². The summed E-state index contributed by atoms with van der Waals surface area (Å²) in [7, 11) is 0. The molecule has 1 fully saturated rings. The molecule has 1 aliphatic rings. The van der Waals surface area contributed by atoms with Gasteiger partial charge in [-0.25, -0.2) is 4.99 Å². The molecule has 0 radical (unpaired) electrons. The molecule has 2 aromatic heterocycles. The van der Waals surface area contributed by atoms with Crippen LogP contribution in [0.15, 0.2) is 28.2 Å². The average Bonchev–Trinajstić information content (AvgIpc) is 3.30. The van der Waals surface area contributed by atoms with E-state index in [0.717, 1.165) is 63.3 Å². The number of nitrogens with one attached hydrogen (secondary N) is 1. The molecule has 0 aliphatic carbocycles. The van der Waals surface area contributed by atoms with E-state index in [0.29, 0.717) is 6.54 Å². The van der Waals surface area contributed by atoms with Crippen molar-refractivity contribution in [1.29, 1.82) is 0 Å². The normalized spacial score (nSPS) is 15.8. The number of aryl methyl sites for hydroxylation is 1. The summed E-state index contributed by atoms with van der Waals surface area (Å²) in [6.07, 6.45) is 3.37. The Kier molecular flexibility index (Phi) is 8.29. The highest BCUT2D eigenvalue weighted by Gasteiger charge is 2.20. The van der Waals surface area contributed by atoms with Crippen molar-refractivity contribution in [3.8, 4) is 0 Å². The molecule has 0 spiro atoms. The summed E-state index contributed by atoms with van der Waals surface area (Å²) in [4.78, 5) is 9.43. The third-order valence-corrected chi connectivity index (χ3v) is 4.29. The molecule has 26 heavy (non-hydrogen) atoms. The van der Waals surface area contributed by atoms with Gasteiger partial charge >= 0.3 is 0 Å². The Morgan fingerprint density at radius 1 is 1.27 bits per heavy atom. The van der Waals surface area contributed by atoms with E-state index in [1.165, 1.54) is 0 Å². The summed E-state index contributed by atoms with van der Waals surface area (Å²) in [5.41, 5.74) is 0.980. The second-order valence-corrected chi connectivity index (χ2v) is 5.96. The van der Waals surface area contributed by atoms with E-state index >= 15 is 0 Å². The van der Waals surface area contributed by atoms with Gasteiger partial charge in [-0.15, -0.1) is 34.2 Å². The molecule has 9 nitrogen and oxygen atoms in total. The summed E-state index contributed by atoms with van der Waals surface area (Å²) in [5, 5.41) is 15.5. The molecule has 0 atom stereocenters. The van der Waals surface area contributed by atoms with E-state index in [4.69, 9.17) is 9.52 Å². The van der Waals surface area contributed by atoms with E-state index in [1.807, 2.05) is 10.6 Å². The van der Waals surface area contributed by atoms with Crippen LogP contribution >= 0.6 is 24.0 Å². The molecule has 144 valence electrons. The predicted molar refractivity (Wildman–Crippen MR) is 109 cm³/mol. The van der Waals surface area contributed by atoms with Crippen molar-refractivity contribution in [3.63, 3.8) is 0 Å². The number of rotatable bonds is 6. The maximum atomic E-state index is 4.90. The molecule has 0 saturated carbocycles. The topological polar surface area (TPSA) is 87.6 Å². The van der Waals surface area contributed by atoms with Crippen LogP contribution in [0.1, 0.15) is 25.4 Å². The van der Waals surface area contributed by atoms with Gasteiger partial charge in [0, 0.05) is 51.9 Å². The summed E-state index contributed by atoms with van der Waals surface area (Å²) in [6.45, 7) is 11.1. The maximum Gasteiger partial charge on any atom is 0.194 e. The fourth-order valence-electron chi connectivity index (χ4n) is 2.90. The summed E-state index contributed by atoms with van der Waals surface area (Å²) < 4.78 is 6.92. The zero-order chi connectivity index (χ0) is 17.5. The molecule has 0 amide bonds. The Hall–Kier alpha value is -1.69. The molecular formula is C16H27IN8O. The average molecular weight is 474 g/mol. The molecule has 0 unspecified atom stereocenters. The van der Waals surface area contributed by atoms with Gasteiger partial charge in [0.2, 0.25) is 0 Å². The maximum absolute atomic E-state index is 4.90. The smallest absolute Gasteiger partial charge is 0.194 e. The fraction of sp³-hybridized carbons (Fsp3) is 0.625. The predicted octanol–water partition coefficient (Wildman–Crippen LogP) is 1.19. The highest BCUT2D eigenvalue weighted by atomic mass is 127. The van der Waals surface area contributed by atoms with E-state index in [9.17, 15) is 0 Å². The lowest BCUT2D eigenvalue weighted by Gasteiger charge is -2.36. The molecule has 1 saturated heterocycles. The number of piperazine rings is 1. The van der Waals surface area contributed by atoms with Gasteiger partial charge in [0.1, 0.15) is 19.1 Å². The van der Waals surface area contributed by atoms with Gasteiger partial charge in [-0.05, 0) is 13.8 Å². The number of aromatic nitrogens is 4. The number of aliphatic imine (C=N–C) groups is 1. The first-order valence-electron chi connectivity index (χ1n) is 8.81. The van der Waals surface area contributed by atoms with Crippen LogP contribution in [0.3, 0.4) is 0 Å². The second kappa shape index (κ2) is 10.5. The van der Waals surface area contributed by atoms with Gasteiger partial charge < -0.3 is 19.3 Å². The van der Waals surface area contributed by atoms with Gasteiger partial charge in [0.25, 0.3) is 0 Å². The van der Waals surface area contributed by atoms with Crippen LogP contribution in [0.2, 0.25) is 0 Å². The molecule has 1 N–H and O–H groups in total. The Morgan fingerprint density at radius 2 is 2.08 bits per heavy atom. The van der Waals surface area contributed by atoms with Crippen molar-refractivity contribution in [2.24, 2.45) is 4.99 Å². The lowest BCUT2D eigenvalue weighted by molar-refractivity contribution is 0.169. The molecule has 2 aromatic rings. The quantitative estimate of drug-likeness (QED) is 0.382. The van der Waals surface area contributed by atoms with E-state index in [2.05, 4.69) is 44.3 Å². The highest BCUT2D eigenvalue weighted by molar-refractivity contribution is 14.0. The molecule has 0 bridgehead atoms. The summed E-state index contributed by atoms with van der Waals surface area (Å²) >= 11 is 0. The lowest BCUT2D eigenvalue weighted by atomic mass is 10.3. The first-order chi connectivity index (χ1) is 12.3. The number of hydrogen-bond acceptors (Lipinski definition) is 6. The highest BCUT2D eigenvalue weighted by Crippen LogP contribution is 2.08. The van der Waals surface area contributed by atoms with Gasteiger partial charge in [-0.1, -0.05) is 5.16 Å². The molecular weight excluding hydrogens is 447 g/mol. The minimum atomic E-state index is 0. The lowest BCUT2D eigenvalue weighted by Crippen LogP contribution is -2.52. The van der Waals surface area contributed by atoms with E-state index in [1.54, 1.807) is 12.6 Å². The minimum absolute atomic E-state index is 0. The van der Waals surface area contributed by atoms with Gasteiger partial charge in [-0.2, -0.15) is 0 Å². The van der Waals surface area contributed by atoms with Crippen LogP contribution in [-0.4, -0.2) is 68.4 Å². The third-order valence-electron chi connectivity index (χ3n) is 4.29. The molecule has 10 heteroatoms. The van der Waals surface area contributed by atoms with Crippen LogP contribution in [-0.2, 0) is 19.6 Å². The molecule has 1 aliphatic heterocycles. The molecule has 3 heterocycles. The third kappa shape index (κ3) is 5.40. The minimum Gasteiger partial charge on any atom is -0.364 e. The van der Waals surface area contributed by atoms with Crippen molar-refractivity contribution < 1.29 is 4.52 Å². The molecule has 0 aromatic carbocycles. The van der Waals surface area contributed by atoms with Crippen LogP contribution in [0.4, 0.5) is 0 Å². The number of halogens is 1. The Morgan fingerprint density at radius 3 is 2.73 bits per heavy atom. The molecule has 3 rings (SSSR count). The van der Waals surface area contributed by atoms with Crippen LogP contribution in [0.25, 0.3) is 0 Å². The van der Waals surface area contributed by atoms with Crippen molar-refractivity contribution in [3.05, 3.63) is 30.2 Å². The van der Waals surface area contributed by atoms with Crippen LogP contribution < -0.4 is 5.32 Å². The van der Waals surface area contributed by atoms with Crippen molar-refractivity contribution >= 4 is 29.9 Å².